The van der Waals surface area contributed by atoms with Crippen LogP contribution in [-0.2, 0) is 0 Å². The van der Waals surface area contributed by atoms with E-state index in [4.69, 9.17) is 5.73 Å². The predicted octanol–water partition coefficient (Wildman–Crippen LogP) is 1.86. The van der Waals surface area contributed by atoms with Crippen LogP contribution in [-0.4, -0.2) is 10.2 Å². The molecule has 0 fully saturated rings. The summed E-state index contributed by atoms with van der Waals surface area (Å²) in [6, 6.07) is 7.75. The Balaban J connectivity index is 2.57. The van der Waals surface area contributed by atoms with Gasteiger partial charge in [0.05, 0.1) is 5.69 Å². The number of aromatic nitrogens is 2. The Morgan fingerprint density at radius 3 is 2.79 bits per heavy atom. The molecule has 4 heteroatoms. The minimum Gasteiger partial charge on any atom is -0.399 e. The highest BCUT2D eigenvalue weighted by Gasteiger charge is 2.05. The Bertz CT molecular complexity index is 442. The number of benzene rings is 1. The molecule has 0 unspecified atom stereocenters. The number of halogens is 1. The maximum absolute atomic E-state index is 13.3. The number of rotatable bonds is 1. The van der Waals surface area contributed by atoms with Crippen molar-refractivity contribution in [1.29, 1.82) is 0 Å². The van der Waals surface area contributed by atoms with Crippen molar-refractivity contribution in [2.24, 2.45) is 0 Å². The zero-order valence-corrected chi connectivity index (χ0v) is 7.31. The molecule has 1 aromatic heterocycles. The van der Waals surface area contributed by atoms with E-state index in [0.29, 0.717) is 16.9 Å². The van der Waals surface area contributed by atoms with Gasteiger partial charge in [-0.25, -0.2) is 4.39 Å². The van der Waals surface area contributed by atoms with Crippen molar-refractivity contribution < 1.29 is 4.39 Å². The number of hydrogen-bond acceptors (Lipinski definition) is 3. The Morgan fingerprint density at radius 1 is 1.21 bits per heavy atom. The molecule has 0 atom stereocenters. The summed E-state index contributed by atoms with van der Waals surface area (Å²) in [6.07, 6.45) is 1.54. The van der Waals surface area contributed by atoms with Gasteiger partial charge in [-0.2, -0.15) is 10.2 Å². The first kappa shape index (κ1) is 8.62. The third-order valence-electron chi connectivity index (χ3n) is 1.84. The molecule has 0 amide bonds. The van der Waals surface area contributed by atoms with Gasteiger partial charge >= 0.3 is 0 Å². The van der Waals surface area contributed by atoms with E-state index in [2.05, 4.69) is 10.2 Å². The maximum atomic E-state index is 13.3. The van der Waals surface area contributed by atoms with E-state index in [9.17, 15) is 4.39 Å². The highest BCUT2D eigenvalue weighted by atomic mass is 19.1. The van der Waals surface area contributed by atoms with Crippen LogP contribution in [0.1, 0.15) is 0 Å². The summed E-state index contributed by atoms with van der Waals surface area (Å²) in [7, 11) is 0. The van der Waals surface area contributed by atoms with Crippen LogP contribution in [0.15, 0.2) is 36.5 Å². The average molecular weight is 189 g/mol. The van der Waals surface area contributed by atoms with Gasteiger partial charge in [0.2, 0.25) is 0 Å². The van der Waals surface area contributed by atoms with Crippen molar-refractivity contribution in [3.05, 3.63) is 42.3 Å². The van der Waals surface area contributed by atoms with Crippen LogP contribution in [0.2, 0.25) is 0 Å². The van der Waals surface area contributed by atoms with E-state index in [1.54, 1.807) is 18.2 Å². The second kappa shape index (κ2) is 3.41. The molecule has 0 saturated carbocycles. The molecule has 3 nitrogen and oxygen atoms in total. The van der Waals surface area contributed by atoms with Crippen LogP contribution in [0.4, 0.5) is 10.1 Å². The second-order valence-electron chi connectivity index (χ2n) is 2.85. The molecular formula is C10H8FN3. The summed E-state index contributed by atoms with van der Waals surface area (Å²) < 4.78 is 13.3. The molecule has 2 rings (SSSR count). The van der Waals surface area contributed by atoms with E-state index in [-0.39, 0.29) is 5.82 Å². The fourth-order valence-corrected chi connectivity index (χ4v) is 1.18. The molecule has 0 radical (unpaired) electrons. The molecule has 14 heavy (non-hydrogen) atoms. The number of nitrogens with zero attached hydrogens (tertiary/aromatic N) is 2. The fraction of sp³-hybridized carbons (Fsp3) is 0. The first-order chi connectivity index (χ1) is 6.77. The van der Waals surface area contributed by atoms with E-state index >= 15 is 0 Å². The average Bonchev–Trinajstić information content (AvgIpc) is 2.23. The lowest BCUT2D eigenvalue weighted by molar-refractivity contribution is 0.630. The van der Waals surface area contributed by atoms with Gasteiger partial charge in [-0.15, -0.1) is 0 Å². The number of anilines is 1. The Morgan fingerprint density at radius 2 is 2.07 bits per heavy atom. The summed E-state index contributed by atoms with van der Waals surface area (Å²) in [5.41, 5.74) is 6.91. The fourth-order valence-electron chi connectivity index (χ4n) is 1.18. The van der Waals surface area contributed by atoms with Crippen LogP contribution in [0.5, 0.6) is 0 Å². The normalized spacial score (nSPS) is 10.1. The highest BCUT2D eigenvalue weighted by molar-refractivity contribution is 5.64. The monoisotopic (exact) mass is 189 g/mol. The number of nitrogens with two attached hydrogens (primary N) is 1. The van der Waals surface area contributed by atoms with E-state index in [1.165, 1.54) is 18.3 Å². The number of hydrogen-bond donors (Lipinski definition) is 1. The van der Waals surface area contributed by atoms with Gasteiger partial charge in [-0.1, -0.05) is 0 Å². The summed E-state index contributed by atoms with van der Waals surface area (Å²) in [4.78, 5) is 0. The van der Waals surface area contributed by atoms with E-state index in [0.717, 1.165) is 0 Å². The molecular weight excluding hydrogens is 181 g/mol. The van der Waals surface area contributed by atoms with E-state index < -0.39 is 0 Å². The van der Waals surface area contributed by atoms with Gasteiger partial charge in [0, 0.05) is 17.4 Å². The molecule has 2 N–H and O–H groups in total. The lowest BCUT2D eigenvalue weighted by Crippen LogP contribution is -1.92. The zero-order chi connectivity index (χ0) is 9.97. The molecule has 0 spiro atoms. The molecule has 0 bridgehead atoms. The maximum Gasteiger partial charge on any atom is 0.132 e. The van der Waals surface area contributed by atoms with Crippen LogP contribution < -0.4 is 5.73 Å². The first-order valence-corrected chi connectivity index (χ1v) is 4.10. The quantitative estimate of drug-likeness (QED) is 0.696. The SMILES string of the molecule is Nc1ccc(F)c(-c2cccnn2)c1. The zero-order valence-electron chi connectivity index (χ0n) is 7.31. The minimum absolute atomic E-state index is 0.347. The summed E-state index contributed by atoms with van der Waals surface area (Å²) >= 11 is 0. The Hall–Kier alpha value is -1.97. The van der Waals surface area contributed by atoms with Gasteiger partial charge in [0.15, 0.2) is 0 Å². The minimum atomic E-state index is -0.347. The van der Waals surface area contributed by atoms with Gasteiger partial charge in [-0.05, 0) is 30.3 Å². The van der Waals surface area contributed by atoms with Gasteiger partial charge in [0.25, 0.3) is 0 Å². The molecule has 70 valence electrons. The van der Waals surface area contributed by atoms with Gasteiger partial charge in [0.1, 0.15) is 5.82 Å². The molecule has 2 aromatic rings. The Labute approximate surface area is 80.4 Å². The lowest BCUT2D eigenvalue weighted by atomic mass is 10.1. The summed E-state index contributed by atoms with van der Waals surface area (Å²) in [5.74, 6) is -0.347. The van der Waals surface area contributed by atoms with Gasteiger partial charge in [-0.3, -0.25) is 0 Å². The lowest BCUT2D eigenvalue weighted by Gasteiger charge is -2.02. The van der Waals surface area contributed by atoms with Crippen molar-refractivity contribution in [2.45, 2.75) is 0 Å². The van der Waals surface area contributed by atoms with Crippen molar-refractivity contribution in [3.63, 3.8) is 0 Å². The Kier molecular flexibility index (Phi) is 2.10. The van der Waals surface area contributed by atoms with Crippen LogP contribution in [0.25, 0.3) is 11.3 Å². The highest BCUT2D eigenvalue weighted by Crippen LogP contribution is 2.21. The van der Waals surface area contributed by atoms with Crippen LogP contribution in [0, 0.1) is 5.82 Å². The van der Waals surface area contributed by atoms with Crippen molar-refractivity contribution >= 4 is 5.69 Å². The summed E-state index contributed by atoms with van der Waals surface area (Å²) in [6.45, 7) is 0. The molecule has 0 aliphatic rings. The van der Waals surface area contributed by atoms with Crippen LogP contribution in [0.3, 0.4) is 0 Å². The van der Waals surface area contributed by atoms with Gasteiger partial charge < -0.3 is 5.73 Å². The predicted molar refractivity (Wildman–Crippen MR) is 51.8 cm³/mol. The second-order valence-corrected chi connectivity index (χ2v) is 2.85. The summed E-state index contributed by atoms with van der Waals surface area (Å²) in [5, 5.41) is 7.48. The topological polar surface area (TPSA) is 51.8 Å². The smallest absolute Gasteiger partial charge is 0.132 e. The molecule has 1 aromatic carbocycles. The third-order valence-corrected chi connectivity index (χ3v) is 1.84. The molecule has 0 aliphatic carbocycles. The van der Waals surface area contributed by atoms with Crippen molar-refractivity contribution in [2.75, 3.05) is 5.73 Å². The first-order valence-electron chi connectivity index (χ1n) is 4.10. The molecule has 1 heterocycles. The van der Waals surface area contributed by atoms with Crippen molar-refractivity contribution in [1.82, 2.24) is 10.2 Å². The molecule has 0 saturated heterocycles. The van der Waals surface area contributed by atoms with Crippen LogP contribution >= 0.6 is 0 Å². The number of nitrogen functional groups attached to an aromatic ring is 1. The third kappa shape index (κ3) is 1.54. The molecule has 0 aliphatic heterocycles. The standard InChI is InChI=1S/C10H8FN3/c11-9-4-3-7(12)6-8(9)10-2-1-5-13-14-10/h1-6H,12H2. The van der Waals surface area contributed by atoms with E-state index in [1.807, 2.05) is 0 Å². The van der Waals surface area contributed by atoms with Crippen molar-refractivity contribution in [3.8, 4) is 11.3 Å². The largest absolute Gasteiger partial charge is 0.399 e.